The van der Waals surface area contributed by atoms with E-state index in [0.29, 0.717) is 31.1 Å². The minimum atomic E-state index is -0.401. The van der Waals surface area contributed by atoms with E-state index in [-0.39, 0.29) is 12.0 Å². The van der Waals surface area contributed by atoms with Gasteiger partial charge in [0.15, 0.2) is 0 Å². The molecule has 1 saturated heterocycles. The van der Waals surface area contributed by atoms with Gasteiger partial charge < -0.3 is 18.9 Å². The van der Waals surface area contributed by atoms with Crippen LogP contribution in [0.15, 0.2) is 35.2 Å². The summed E-state index contributed by atoms with van der Waals surface area (Å²) in [4.78, 5) is 18.6. The van der Waals surface area contributed by atoms with Crippen LogP contribution in [0, 0.1) is 0 Å². The van der Waals surface area contributed by atoms with Crippen LogP contribution in [0.5, 0.6) is 0 Å². The molecule has 2 aromatic rings. The molecule has 7 heteroatoms. The highest BCUT2D eigenvalue weighted by Crippen LogP contribution is 2.23. The molecule has 3 rings (SSSR count). The summed E-state index contributed by atoms with van der Waals surface area (Å²) in [6.45, 7) is 5.48. The van der Waals surface area contributed by atoms with Gasteiger partial charge in [-0.1, -0.05) is 17.3 Å². The number of nitrogens with zero attached hydrogens (tertiary/aromatic N) is 3. The third-order valence-electron chi connectivity index (χ3n) is 3.87. The summed E-state index contributed by atoms with van der Waals surface area (Å²) in [7, 11) is 1.63. The molecule has 7 nitrogen and oxygen atoms in total. The van der Waals surface area contributed by atoms with E-state index in [0.717, 1.165) is 5.56 Å². The summed E-state index contributed by atoms with van der Waals surface area (Å²) in [6.07, 6.45) is 1.15. The smallest absolute Gasteiger partial charge is 0.254 e. The number of methoxy groups -OCH3 is 1. The quantitative estimate of drug-likeness (QED) is 0.853. The van der Waals surface area contributed by atoms with Crippen molar-refractivity contribution in [2.45, 2.75) is 25.6 Å². The van der Waals surface area contributed by atoms with E-state index in [4.69, 9.17) is 14.0 Å². The van der Waals surface area contributed by atoms with E-state index in [9.17, 15) is 4.79 Å². The normalized spacial score (nSPS) is 20.1. The molecule has 1 fully saturated rings. The molecule has 0 saturated carbocycles. The Labute approximate surface area is 140 Å². The van der Waals surface area contributed by atoms with Crippen molar-refractivity contribution < 1.29 is 18.8 Å². The summed E-state index contributed by atoms with van der Waals surface area (Å²) < 4.78 is 15.9. The molecule has 1 aromatic carbocycles. The van der Waals surface area contributed by atoms with Gasteiger partial charge in [-0.2, -0.15) is 4.98 Å². The Morgan fingerprint density at radius 2 is 2.12 bits per heavy atom. The lowest BCUT2D eigenvalue weighted by atomic mass is 10.0. The summed E-state index contributed by atoms with van der Waals surface area (Å²) in [5, 5.41) is 3.79. The van der Waals surface area contributed by atoms with Crippen LogP contribution in [0.3, 0.4) is 0 Å². The Bertz CT molecular complexity index is 682. The molecule has 1 aliphatic rings. The van der Waals surface area contributed by atoms with Gasteiger partial charge >= 0.3 is 0 Å². The van der Waals surface area contributed by atoms with Gasteiger partial charge in [-0.25, -0.2) is 0 Å². The highest BCUT2D eigenvalue weighted by Gasteiger charge is 2.35. The lowest BCUT2D eigenvalue weighted by molar-refractivity contribution is -0.143. The Kier molecular flexibility index (Phi) is 4.64. The lowest BCUT2D eigenvalue weighted by Gasteiger charge is -2.42. The summed E-state index contributed by atoms with van der Waals surface area (Å²) in [5.74, 6) is 0.480. The van der Waals surface area contributed by atoms with Crippen LogP contribution in [-0.4, -0.2) is 59.5 Å². The number of hydrogen-bond acceptors (Lipinski definition) is 6. The molecule has 1 aliphatic heterocycles. The Morgan fingerprint density at radius 1 is 1.38 bits per heavy atom. The van der Waals surface area contributed by atoms with Gasteiger partial charge in [-0.3, -0.25) is 4.79 Å². The molecule has 0 bridgehead atoms. The number of hydrogen-bond donors (Lipinski definition) is 0. The van der Waals surface area contributed by atoms with Crippen LogP contribution in [0.25, 0.3) is 11.4 Å². The maximum absolute atomic E-state index is 12.8. The van der Waals surface area contributed by atoms with E-state index < -0.39 is 5.60 Å². The molecular weight excluding hydrogens is 310 g/mol. The van der Waals surface area contributed by atoms with E-state index in [1.54, 1.807) is 19.2 Å². The second kappa shape index (κ2) is 6.70. The van der Waals surface area contributed by atoms with Gasteiger partial charge in [0, 0.05) is 31.3 Å². The van der Waals surface area contributed by atoms with Crippen molar-refractivity contribution in [3.63, 3.8) is 0 Å². The minimum absolute atomic E-state index is 0.0212. The van der Waals surface area contributed by atoms with Crippen LogP contribution in [0.2, 0.25) is 0 Å². The van der Waals surface area contributed by atoms with Gasteiger partial charge in [-0.15, -0.1) is 0 Å². The largest absolute Gasteiger partial charge is 0.382 e. The molecule has 1 atom stereocenters. The zero-order valence-electron chi connectivity index (χ0n) is 14.1. The first-order valence-corrected chi connectivity index (χ1v) is 7.81. The number of amides is 1. The van der Waals surface area contributed by atoms with Crippen molar-refractivity contribution in [2.75, 3.05) is 26.8 Å². The molecule has 0 aliphatic carbocycles. The van der Waals surface area contributed by atoms with E-state index >= 15 is 0 Å². The maximum Gasteiger partial charge on any atom is 0.254 e. The number of benzene rings is 1. The van der Waals surface area contributed by atoms with Crippen LogP contribution in [0.4, 0.5) is 0 Å². The predicted molar refractivity (Wildman–Crippen MR) is 86.5 cm³/mol. The first kappa shape index (κ1) is 16.6. The number of morpholine rings is 1. The number of rotatable bonds is 4. The van der Waals surface area contributed by atoms with Crippen molar-refractivity contribution in [1.82, 2.24) is 15.0 Å². The number of aromatic nitrogens is 2. The van der Waals surface area contributed by atoms with Crippen molar-refractivity contribution in [1.29, 1.82) is 0 Å². The Hall–Kier alpha value is -2.25. The Morgan fingerprint density at radius 3 is 2.75 bits per heavy atom. The zero-order valence-corrected chi connectivity index (χ0v) is 14.1. The fourth-order valence-corrected chi connectivity index (χ4v) is 2.97. The van der Waals surface area contributed by atoms with Crippen molar-refractivity contribution in [2.24, 2.45) is 0 Å². The third kappa shape index (κ3) is 3.63. The molecule has 0 N–H and O–H groups in total. The fraction of sp³-hybridized carbons (Fsp3) is 0.471. The summed E-state index contributed by atoms with van der Waals surface area (Å²) in [6, 6.07) is 7.19. The van der Waals surface area contributed by atoms with Crippen LogP contribution >= 0.6 is 0 Å². The maximum atomic E-state index is 12.8. The monoisotopic (exact) mass is 331 g/mol. The molecular formula is C17H21N3O4. The molecule has 0 radical (unpaired) electrons. The van der Waals surface area contributed by atoms with Gasteiger partial charge in [0.2, 0.25) is 12.2 Å². The lowest BCUT2D eigenvalue weighted by Crippen LogP contribution is -2.55. The first-order valence-electron chi connectivity index (χ1n) is 7.81. The summed E-state index contributed by atoms with van der Waals surface area (Å²) >= 11 is 0. The molecule has 0 spiro atoms. The first-order chi connectivity index (χ1) is 11.5. The number of ether oxygens (including phenoxy) is 2. The van der Waals surface area contributed by atoms with Crippen molar-refractivity contribution in [3.8, 4) is 11.4 Å². The summed E-state index contributed by atoms with van der Waals surface area (Å²) in [5.41, 5.74) is 1.03. The van der Waals surface area contributed by atoms with Crippen LogP contribution < -0.4 is 0 Å². The molecule has 1 amide bonds. The average Bonchev–Trinajstić information content (AvgIpc) is 3.07. The van der Waals surface area contributed by atoms with Crippen molar-refractivity contribution >= 4 is 5.91 Å². The second-order valence-electron chi connectivity index (χ2n) is 6.47. The van der Waals surface area contributed by atoms with Gasteiger partial charge in [-0.05, 0) is 26.0 Å². The molecule has 24 heavy (non-hydrogen) atoms. The zero-order chi connectivity index (χ0) is 17.2. The van der Waals surface area contributed by atoms with Crippen molar-refractivity contribution in [3.05, 3.63) is 36.2 Å². The molecule has 2 heterocycles. The SMILES string of the molecule is COC[C@@H]1CN(C(=O)c2ccc(-c3ncon3)cc2)CC(C)(C)O1. The van der Waals surface area contributed by atoms with E-state index in [2.05, 4.69) is 10.1 Å². The second-order valence-corrected chi connectivity index (χ2v) is 6.47. The van der Waals surface area contributed by atoms with Crippen LogP contribution in [0.1, 0.15) is 24.2 Å². The average molecular weight is 331 g/mol. The number of carbonyl (C=O) groups is 1. The minimum Gasteiger partial charge on any atom is -0.382 e. The van der Waals surface area contributed by atoms with E-state index in [1.165, 1.54) is 6.39 Å². The molecule has 1 aromatic heterocycles. The highest BCUT2D eigenvalue weighted by atomic mass is 16.5. The predicted octanol–water partition coefficient (Wildman–Crippen LogP) is 2.00. The molecule has 0 unspecified atom stereocenters. The van der Waals surface area contributed by atoms with Gasteiger partial charge in [0.05, 0.1) is 18.3 Å². The van der Waals surface area contributed by atoms with Crippen LogP contribution in [-0.2, 0) is 9.47 Å². The third-order valence-corrected chi connectivity index (χ3v) is 3.87. The van der Waals surface area contributed by atoms with Gasteiger partial charge in [0.1, 0.15) is 0 Å². The number of carbonyl (C=O) groups excluding carboxylic acids is 1. The standard InChI is InChI=1S/C17H21N3O4/c1-17(2)10-20(8-14(24-17)9-22-3)16(21)13-6-4-12(5-7-13)15-18-11-23-19-15/h4-7,11,14H,8-10H2,1-3H3/t14-/m0/s1. The Balaban J connectivity index is 1.75. The van der Waals surface area contributed by atoms with Gasteiger partial charge in [0.25, 0.3) is 5.91 Å². The molecule has 128 valence electrons. The van der Waals surface area contributed by atoms with E-state index in [1.807, 2.05) is 30.9 Å². The topological polar surface area (TPSA) is 77.7 Å². The highest BCUT2D eigenvalue weighted by molar-refractivity contribution is 5.94. The fourth-order valence-electron chi connectivity index (χ4n) is 2.97.